The average molecular weight is 462 g/mol. The molecule has 0 heterocycles. The Morgan fingerprint density at radius 3 is 2.05 bits per heavy atom. The Labute approximate surface area is 145 Å². The van der Waals surface area contributed by atoms with Crippen LogP contribution in [0.3, 0.4) is 0 Å². The number of rotatable bonds is 2. The van der Waals surface area contributed by atoms with Crippen LogP contribution in [0.4, 0.5) is 0 Å². The fraction of sp³-hybridized carbons (Fsp3) is 0.214. The van der Waals surface area contributed by atoms with E-state index in [0.717, 1.165) is 11.1 Å². The zero-order valence-electron chi connectivity index (χ0n) is 10.9. The summed E-state index contributed by atoms with van der Waals surface area (Å²) in [5.41, 5.74) is 10.0. The molecule has 1 aromatic carbocycles. The molecule has 100 valence electrons. The largest absolute Gasteiger partial charge is 2.00 e. The SMILES string of the molecule is Cc1c(C(=N)N)ccc(C2C=CC=C2)c1C.[Cl-].[Cl-].[Hf+2]. The maximum absolute atomic E-state index is 7.50. The van der Waals surface area contributed by atoms with Crippen molar-refractivity contribution >= 4 is 5.84 Å². The van der Waals surface area contributed by atoms with Crippen LogP contribution in [-0.2, 0) is 25.8 Å². The van der Waals surface area contributed by atoms with Gasteiger partial charge in [0.05, 0.1) is 0 Å². The normalized spacial score (nSPS) is 12.3. The summed E-state index contributed by atoms with van der Waals surface area (Å²) in [7, 11) is 0. The van der Waals surface area contributed by atoms with Gasteiger partial charge >= 0.3 is 25.8 Å². The number of amidine groups is 1. The summed E-state index contributed by atoms with van der Waals surface area (Å²) >= 11 is 0. The Morgan fingerprint density at radius 2 is 1.58 bits per heavy atom. The summed E-state index contributed by atoms with van der Waals surface area (Å²) in [6.45, 7) is 4.12. The minimum absolute atomic E-state index is 0. The Kier molecular flexibility index (Phi) is 9.61. The molecule has 19 heavy (non-hydrogen) atoms. The molecule has 5 heteroatoms. The summed E-state index contributed by atoms with van der Waals surface area (Å²) in [6, 6.07) is 4.02. The molecule has 0 radical (unpaired) electrons. The van der Waals surface area contributed by atoms with Gasteiger partial charge in [0, 0.05) is 11.5 Å². The van der Waals surface area contributed by atoms with Crippen LogP contribution in [0, 0.1) is 19.3 Å². The standard InChI is InChI=1S/C14H16N2.2ClH.Hf/c1-9-10(2)13(14(15)16)8-7-12(9)11-5-3-4-6-11;;;/h3-8,11H,1-2H3,(H3,15,16);2*1H;/q;;;+2/p-2. The first-order valence-corrected chi connectivity index (χ1v) is 5.40. The van der Waals surface area contributed by atoms with E-state index in [1.807, 2.05) is 13.0 Å². The number of hydrogen-bond acceptors (Lipinski definition) is 1. The van der Waals surface area contributed by atoms with Crippen molar-refractivity contribution in [3.8, 4) is 0 Å². The second-order valence-corrected chi connectivity index (χ2v) is 4.16. The molecule has 0 bridgehead atoms. The van der Waals surface area contributed by atoms with Crippen molar-refractivity contribution in [3.63, 3.8) is 0 Å². The third kappa shape index (κ3) is 4.30. The van der Waals surface area contributed by atoms with Crippen molar-refractivity contribution in [1.82, 2.24) is 0 Å². The Hall–Kier alpha value is -0.380. The van der Waals surface area contributed by atoms with Gasteiger partial charge in [-0.1, -0.05) is 36.4 Å². The van der Waals surface area contributed by atoms with E-state index in [1.54, 1.807) is 0 Å². The topological polar surface area (TPSA) is 49.9 Å². The molecule has 3 N–H and O–H groups in total. The number of benzene rings is 1. The van der Waals surface area contributed by atoms with Gasteiger partial charge in [0.15, 0.2) is 0 Å². The van der Waals surface area contributed by atoms with Crippen LogP contribution in [0.2, 0.25) is 0 Å². The molecule has 1 aromatic rings. The van der Waals surface area contributed by atoms with Gasteiger partial charge in [-0.05, 0) is 30.5 Å². The van der Waals surface area contributed by atoms with Gasteiger partial charge in [0.1, 0.15) is 5.84 Å². The summed E-state index contributed by atoms with van der Waals surface area (Å²) in [5.74, 6) is 0.518. The van der Waals surface area contributed by atoms with E-state index in [0.29, 0.717) is 5.92 Å². The third-order valence-electron chi connectivity index (χ3n) is 3.23. The molecule has 0 aromatic heterocycles. The number of allylic oxidation sites excluding steroid dienone is 4. The van der Waals surface area contributed by atoms with Crippen LogP contribution in [0.15, 0.2) is 36.4 Å². The molecule has 1 aliphatic carbocycles. The van der Waals surface area contributed by atoms with E-state index in [1.165, 1.54) is 11.1 Å². The van der Waals surface area contributed by atoms with Gasteiger partial charge < -0.3 is 30.5 Å². The first-order valence-electron chi connectivity index (χ1n) is 5.40. The predicted molar refractivity (Wildman–Crippen MR) is 68.0 cm³/mol. The molecule has 0 spiro atoms. The van der Waals surface area contributed by atoms with Crippen molar-refractivity contribution in [3.05, 3.63) is 58.7 Å². The summed E-state index contributed by atoms with van der Waals surface area (Å²) in [5, 5.41) is 7.50. The van der Waals surface area contributed by atoms with E-state index in [4.69, 9.17) is 11.1 Å². The van der Waals surface area contributed by atoms with Crippen molar-refractivity contribution in [1.29, 1.82) is 5.41 Å². The molecule has 0 unspecified atom stereocenters. The van der Waals surface area contributed by atoms with Gasteiger partial charge in [0.25, 0.3) is 0 Å². The molecule has 1 aliphatic rings. The van der Waals surface area contributed by atoms with E-state index in [-0.39, 0.29) is 56.5 Å². The van der Waals surface area contributed by atoms with Crippen LogP contribution in [-0.4, -0.2) is 5.84 Å². The second kappa shape index (κ2) is 8.72. The molecule has 0 amide bonds. The Bertz CT molecular complexity index is 498. The molecule has 0 fully saturated rings. The van der Waals surface area contributed by atoms with Crippen LogP contribution in [0.1, 0.15) is 28.2 Å². The first kappa shape index (κ1) is 20.9. The number of nitrogens with two attached hydrogens (primary N) is 1. The minimum Gasteiger partial charge on any atom is -1.00 e. The van der Waals surface area contributed by atoms with Crippen molar-refractivity contribution in [2.45, 2.75) is 19.8 Å². The summed E-state index contributed by atoms with van der Waals surface area (Å²) in [6.07, 6.45) is 8.49. The molecule has 2 rings (SSSR count). The molecule has 2 nitrogen and oxygen atoms in total. The quantitative estimate of drug-likeness (QED) is 0.272. The predicted octanol–water partition coefficient (Wildman–Crippen LogP) is -3.20. The third-order valence-corrected chi connectivity index (χ3v) is 3.23. The zero-order valence-corrected chi connectivity index (χ0v) is 16.0. The first-order chi connectivity index (χ1) is 7.61. The van der Waals surface area contributed by atoms with Crippen LogP contribution in [0.25, 0.3) is 0 Å². The Balaban J connectivity index is 0. The van der Waals surface area contributed by atoms with Crippen LogP contribution in [0.5, 0.6) is 0 Å². The van der Waals surface area contributed by atoms with Gasteiger partial charge in [0.2, 0.25) is 0 Å². The average Bonchev–Trinajstić information content (AvgIpc) is 2.74. The smallest absolute Gasteiger partial charge is 1.00 e. The summed E-state index contributed by atoms with van der Waals surface area (Å²) in [4.78, 5) is 0. The minimum atomic E-state index is 0. The molecule has 0 saturated heterocycles. The zero-order chi connectivity index (χ0) is 11.7. The molecular formula is C14H16Cl2HfN2. The van der Waals surface area contributed by atoms with Crippen molar-refractivity contribution < 1.29 is 50.7 Å². The van der Waals surface area contributed by atoms with E-state index >= 15 is 0 Å². The van der Waals surface area contributed by atoms with E-state index in [2.05, 4.69) is 37.3 Å². The van der Waals surface area contributed by atoms with Gasteiger partial charge in [-0.2, -0.15) is 0 Å². The number of nitrogens with one attached hydrogen (secondary N) is 1. The monoisotopic (exact) mass is 462 g/mol. The fourth-order valence-electron chi connectivity index (χ4n) is 2.13. The molecule has 0 atom stereocenters. The van der Waals surface area contributed by atoms with E-state index < -0.39 is 0 Å². The number of nitrogen functional groups attached to an aromatic ring is 1. The van der Waals surface area contributed by atoms with Gasteiger partial charge in [-0.3, -0.25) is 5.41 Å². The number of halogens is 2. The maximum Gasteiger partial charge on any atom is 2.00 e. The number of hydrogen-bond donors (Lipinski definition) is 2. The van der Waals surface area contributed by atoms with Crippen molar-refractivity contribution in [2.24, 2.45) is 5.73 Å². The van der Waals surface area contributed by atoms with Gasteiger partial charge in [-0.25, -0.2) is 0 Å². The Morgan fingerprint density at radius 1 is 1.05 bits per heavy atom. The molecular weight excluding hydrogens is 446 g/mol. The van der Waals surface area contributed by atoms with Crippen molar-refractivity contribution in [2.75, 3.05) is 0 Å². The van der Waals surface area contributed by atoms with Crippen LogP contribution >= 0.6 is 0 Å². The summed E-state index contributed by atoms with van der Waals surface area (Å²) < 4.78 is 0. The second-order valence-electron chi connectivity index (χ2n) is 4.16. The fourth-order valence-corrected chi connectivity index (χ4v) is 2.13. The maximum atomic E-state index is 7.50. The van der Waals surface area contributed by atoms with Crippen LogP contribution < -0.4 is 30.5 Å². The van der Waals surface area contributed by atoms with Gasteiger partial charge in [-0.15, -0.1) is 0 Å². The van der Waals surface area contributed by atoms with E-state index in [9.17, 15) is 0 Å². The molecule has 0 saturated carbocycles. The molecule has 0 aliphatic heterocycles.